The van der Waals surface area contributed by atoms with Crippen molar-refractivity contribution in [3.05, 3.63) is 23.8 Å². The Kier molecular flexibility index (Phi) is 8.80. The number of carbonyl (C=O) groups excluding carboxylic acids is 1. The van der Waals surface area contributed by atoms with E-state index in [0.717, 1.165) is 36.6 Å². The lowest BCUT2D eigenvalue weighted by molar-refractivity contribution is -0.116. The lowest BCUT2D eigenvalue weighted by Gasteiger charge is -2.21. The SMILES string of the molecule is CCOc1cc(CC(Br)CC)ccc1NC(=O)CCC1CCCCC1. The van der Waals surface area contributed by atoms with Crippen LogP contribution in [0.3, 0.4) is 0 Å². The van der Waals surface area contributed by atoms with Crippen LogP contribution in [0.4, 0.5) is 5.69 Å². The number of alkyl halides is 1. The smallest absolute Gasteiger partial charge is 0.224 e. The maximum absolute atomic E-state index is 12.3. The Bertz CT molecular complexity index is 541. The van der Waals surface area contributed by atoms with Crippen LogP contribution in [0.15, 0.2) is 18.2 Å². The topological polar surface area (TPSA) is 38.3 Å². The highest BCUT2D eigenvalue weighted by molar-refractivity contribution is 9.09. The first-order valence-corrected chi connectivity index (χ1v) is 10.7. The Labute approximate surface area is 161 Å². The molecule has 0 aliphatic heterocycles. The number of nitrogens with one attached hydrogen (secondary N) is 1. The highest BCUT2D eigenvalue weighted by atomic mass is 79.9. The lowest BCUT2D eigenvalue weighted by atomic mass is 9.86. The third-order valence-corrected chi connectivity index (χ3v) is 6.00. The van der Waals surface area contributed by atoms with Crippen LogP contribution >= 0.6 is 15.9 Å². The number of rotatable bonds is 9. The molecule has 1 unspecified atom stereocenters. The molecule has 140 valence electrons. The molecule has 1 atom stereocenters. The van der Waals surface area contributed by atoms with Gasteiger partial charge in [-0.1, -0.05) is 61.0 Å². The van der Waals surface area contributed by atoms with E-state index in [1.54, 1.807) is 0 Å². The molecule has 0 bridgehead atoms. The van der Waals surface area contributed by atoms with Gasteiger partial charge >= 0.3 is 0 Å². The van der Waals surface area contributed by atoms with Gasteiger partial charge in [-0.05, 0) is 49.8 Å². The number of anilines is 1. The van der Waals surface area contributed by atoms with E-state index < -0.39 is 0 Å². The summed E-state index contributed by atoms with van der Waals surface area (Å²) in [5.41, 5.74) is 2.02. The van der Waals surface area contributed by atoms with Crippen LogP contribution in [0, 0.1) is 5.92 Å². The van der Waals surface area contributed by atoms with Gasteiger partial charge in [0.25, 0.3) is 0 Å². The van der Waals surface area contributed by atoms with Crippen molar-refractivity contribution in [3.8, 4) is 5.75 Å². The molecule has 0 heterocycles. The number of halogens is 1. The minimum Gasteiger partial charge on any atom is -0.492 e. The number of hydrogen-bond acceptors (Lipinski definition) is 2. The first kappa shape index (κ1) is 20.3. The van der Waals surface area contributed by atoms with Crippen molar-refractivity contribution < 1.29 is 9.53 Å². The normalized spacial score (nSPS) is 16.4. The van der Waals surface area contributed by atoms with Crippen LogP contribution in [0.5, 0.6) is 5.75 Å². The molecular weight excluding hydrogens is 378 g/mol. The minimum atomic E-state index is 0.103. The van der Waals surface area contributed by atoms with Gasteiger partial charge in [0.15, 0.2) is 0 Å². The quantitative estimate of drug-likeness (QED) is 0.500. The van der Waals surface area contributed by atoms with Crippen molar-refractivity contribution in [2.45, 2.75) is 76.5 Å². The fourth-order valence-electron chi connectivity index (χ4n) is 3.50. The summed E-state index contributed by atoms with van der Waals surface area (Å²) in [4.78, 5) is 12.8. The summed E-state index contributed by atoms with van der Waals surface area (Å²) in [6.45, 7) is 4.74. The van der Waals surface area contributed by atoms with Crippen LogP contribution in [0.25, 0.3) is 0 Å². The largest absolute Gasteiger partial charge is 0.492 e. The molecule has 3 nitrogen and oxygen atoms in total. The second-order valence-corrected chi connectivity index (χ2v) is 8.36. The average molecular weight is 410 g/mol. The van der Waals surface area contributed by atoms with E-state index in [1.165, 1.54) is 37.7 Å². The molecule has 0 radical (unpaired) electrons. The zero-order valence-corrected chi connectivity index (χ0v) is 17.2. The molecule has 0 aromatic heterocycles. The van der Waals surface area contributed by atoms with Crippen LogP contribution < -0.4 is 10.1 Å². The summed E-state index contributed by atoms with van der Waals surface area (Å²) in [6, 6.07) is 6.13. The van der Waals surface area contributed by atoms with Gasteiger partial charge in [0.2, 0.25) is 5.91 Å². The van der Waals surface area contributed by atoms with Gasteiger partial charge < -0.3 is 10.1 Å². The summed E-state index contributed by atoms with van der Waals surface area (Å²) < 4.78 is 5.76. The fraction of sp³-hybridized carbons (Fsp3) is 0.667. The van der Waals surface area contributed by atoms with Gasteiger partial charge in [-0.25, -0.2) is 0 Å². The third-order valence-electron chi connectivity index (χ3n) is 5.02. The highest BCUT2D eigenvalue weighted by Gasteiger charge is 2.16. The van der Waals surface area contributed by atoms with E-state index in [1.807, 2.05) is 13.0 Å². The van der Waals surface area contributed by atoms with Gasteiger partial charge in [-0.2, -0.15) is 0 Å². The molecule has 1 aromatic carbocycles. The summed E-state index contributed by atoms with van der Waals surface area (Å²) >= 11 is 3.68. The number of carbonyl (C=O) groups is 1. The molecule has 1 fully saturated rings. The number of benzene rings is 1. The van der Waals surface area contributed by atoms with Gasteiger partial charge in [0, 0.05) is 11.2 Å². The monoisotopic (exact) mass is 409 g/mol. The van der Waals surface area contributed by atoms with Crippen molar-refractivity contribution in [2.24, 2.45) is 5.92 Å². The average Bonchev–Trinajstić information content (AvgIpc) is 2.63. The Morgan fingerprint density at radius 3 is 2.72 bits per heavy atom. The Morgan fingerprint density at radius 2 is 2.04 bits per heavy atom. The predicted octanol–water partition coefficient (Wildman–Crippen LogP) is 6.10. The van der Waals surface area contributed by atoms with Gasteiger partial charge in [0.1, 0.15) is 5.75 Å². The van der Waals surface area contributed by atoms with Crippen LogP contribution in [0.2, 0.25) is 0 Å². The van der Waals surface area contributed by atoms with Gasteiger partial charge in [-0.15, -0.1) is 0 Å². The van der Waals surface area contributed by atoms with Gasteiger partial charge in [-0.3, -0.25) is 4.79 Å². The highest BCUT2D eigenvalue weighted by Crippen LogP contribution is 2.30. The summed E-state index contributed by atoms with van der Waals surface area (Å²) in [7, 11) is 0. The molecular formula is C21H32BrNO2. The fourth-order valence-corrected chi connectivity index (χ4v) is 3.87. The van der Waals surface area contributed by atoms with Crippen molar-refractivity contribution in [3.63, 3.8) is 0 Å². The summed E-state index contributed by atoms with van der Waals surface area (Å²) in [6.07, 6.45) is 10.3. The van der Waals surface area contributed by atoms with Crippen LogP contribution in [0.1, 0.15) is 70.8 Å². The number of ether oxygens (including phenoxy) is 1. The van der Waals surface area contributed by atoms with Crippen molar-refractivity contribution in [1.82, 2.24) is 0 Å². The first-order valence-electron chi connectivity index (χ1n) is 9.82. The molecule has 1 saturated carbocycles. The Balaban J connectivity index is 1.93. The number of hydrogen-bond donors (Lipinski definition) is 1. The second-order valence-electron chi connectivity index (χ2n) is 7.06. The molecule has 0 spiro atoms. The molecule has 4 heteroatoms. The van der Waals surface area contributed by atoms with E-state index in [4.69, 9.17) is 4.74 Å². The zero-order valence-electron chi connectivity index (χ0n) is 15.7. The van der Waals surface area contributed by atoms with Crippen LogP contribution in [-0.2, 0) is 11.2 Å². The third kappa shape index (κ3) is 7.01. The van der Waals surface area contributed by atoms with Crippen LogP contribution in [-0.4, -0.2) is 17.3 Å². The first-order chi connectivity index (χ1) is 12.1. The Hall–Kier alpha value is -1.03. The minimum absolute atomic E-state index is 0.103. The molecule has 2 rings (SSSR count). The number of amides is 1. The van der Waals surface area contributed by atoms with Gasteiger partial charge in [0.05, 0.1) is 12.3 Å². The molecule has 1 aliphatic carbocycles. The Morgan fingerprint density at radius 1 is 1.28 bits per heavy atom. The van der Waals surface area contributed by atoms with Crippen molar-refractivity contribution >= 4 is 27.5 Å². The molecule has 1 N–H and O–H groups in total. The van der Waals surface area contributed by atoms with E-state index in [9.17, 15) is 4.79 Å². The standard InChI is InChI=1S/C21H32BrNO2/c1-3-18(22)14-17-10-12-19(20(15-17)25-4-2)23-21(24)13-11-16-8-6-5-7-9-16/h10,12,15-16,18H,3-9,11,13-14H2,1-2H3,(H,23,24). The maximum atomic E-state index is 12.3. The zero-order chi connectivity index (χ0) is 18.1. The molecule has 0 saturated heterocycles. The second kappa shape index (κ2) is 10.8. The molecule has 1 amide bonds. The lowest BCUT2D eigenvalue weighted by Crippen LogP contribution is -2.15. The van der Waals surface area contributed by atoms with E-state index >= 15 is 0 Å². The molecule has 25 heavy (non-hydrogen) atoms. The summed E-state index contributed by atoms with van der Waals surface area (Å²) in [5.74, 6) is 1.62. The van der Waals surface area contributed by atoms with E-state index in [0.29, 0.717) is 17.9 Å². The maximum Gasteiger partial charge on any atom is 0.224 e. The van der Waals surface area contributed by atoms with Crippen molar-refractivity contribution in [1.29, 1.82) is 0 Å². The molecule has 1 aliphatic rings. The predicted molar refractivity (Wildman–Crippen MR) is 109 cm³/mol. The van der Waals surface area contributed by atoms with E-state index in [2.05, 4.69) is 40.3 Å². The summed E-state index contributed by atoms with van der Waals surface area (Å²) in [5, 5.41) is 3.05. The van der Waals surface area contributed by atoms with E-state index in [-0.39, 0.29) is 5.91 Å². The molecule has 1 aromatic rings. The van der Waals surface area contributed by atoms with Crippen molar-refractivity contribution in [2.75, 3.05) is 11.9 Å².